The summed E-state index contributed by atoms with van der Waals surface area (Å²) >= 11 is 12.7. The third kappa shape index (κ3) is 7.85. The average Bonchev–Trinajstić information content (AvgIpc) is 2.71. The summed E-state index contributed by atoms with van der Waals surface area (Å²) in [5, 5.41) is 3.55. The highest BCUT2D eigenvalue weighted by molar-refractivity contribution is 7.92. The van der Waals surface area contributed by atoms with Gasteiger partial charge in [0.05, 0.1) is 11.9 Å². The zero-order valence-corrected chi connectivity index (χ0v) is 23.5. The quantitative estimate of drug-likeness (QED) is 0.524. The summed E-state index contributed by atoms with van der Waals surface area (Å²) in [4.78, 5) is 28.0. The molecule has 0 aromatic heterocycles. The molecular formula is C25H33Cl2N3O4S. The van der Waals surface area contributed by atoms with Crippen LogP contribution in [0.25, 0.3) is 0 Å². The number of benzene rings is 2. The molecule has 1 atom stereocenters. The van der Waals surface area contributed by atoms with Gasteiger partial charge in [-0.25, -0.2) is 8.42 Å². The summed E-state index contributed by atoms with van der Waals surface area (Å²) < 4.78 is 26.6. The van der Waals surface area contributed by atoms with Gasteiger partial charge in [0.15, 0.2) is 0 Å². The topological polar surface area (TPSA) is 86.8 Å². The van der Waals surface area contributed by atoms with Crippen LogP contribution in [0.5, 0.6) is 0 Å². The lowest BCUT2D eigenvalue weighted by Gasteiger charge is -2.33. The molecule has 35 heavy (non-hydrogen) atoms. The Kier molecular flexibility index (Phi) is 9.25. The largest absolute Gasteiger partial charge is 0.350 e. The minimum absolute atomic E-state index is 0.0690. The van der Waals surface area contributed by atoms with Gasteiger partial charge in [-0.15, -0.1) is 0 Å². The minimum Gasteiger partial charge on any atom is -0.350 e. The normalized spacial score (nSPS) is 12.7. The highest BCUT2D eigenvalue weighted by Gasteiger charge is 2.32. The van der Waals surface area contributed by atoms with Crippen molar-refractivity contribution < 1.29 is 18.0 Å². The standard InChI is InChI=1S/C25H33Cl2N3O4S/c1-16-11-12-17(2)22(13-16)30(35(7,33)34)15-23(31)29(18(3)24(32)28-25(4,5)6)14-19-20(26)9-8-10-21(19)27/h8-13,18H,14-15H2,1-7H3,(H,28,32)/t18-/m0/s1. The number of sulfonamides is 1. The van der Waals surface area contributed by atoms with Crippen molar-refractivity contribution >= 4 is 50.7 Å². The molecule has 0 aliphatic heterocycles. The maximum atomic E-state index is 13.7. The number of amides is 2. The fourth-order valence-corrected chi connectivity index (χ4v) is 4.91. The number of hydrogen-bond acceptors (Lipinski definition) is 4. The Balaban J connectivity index is 2.51. The van der Waals surface area contributed by atoms with E-state index in [4.69, 9.17) is 23.2 Å². The molecule has 2 aromatic rings. The SMILES string of the molecule is Cc1ccc(C)c(N(CC(=O)N(Cc2c(Cl)cccc2Cl)[C@@H](C)C(=O)NC(C)(C)C)S(C)(=O)=O)c1. The van der Waals surface area contributed by atoms with Crippen LogP contribution < -0.4 is 9.62 Å². The van der Waals surface area contributed by atoms with Crippen LogP contribution in [0.2, 0.25) is 10.0 Å². The number of nitrogens with zero attached hydrogens (tertiary/aromatic N) is 2. The van der Waals surface area contributed by atoms with E-state index in [2.05, 4.69) is 5.32 Å². The van der Waals surface area contributed by atoms with Gasteiger partial charge in [0.25, 0.3) is 0 Å². The number of hydrogen-bond donors (Lipinski definition) is 1. The van der Waals surface area contributed by atoms with Gasteiger partial charge in [0.2, 0.25) is 21.8 Å². The van der Waals surface area contributed by atoms with Gasteiger partial charge in [0.1, 0.15) is 12.6 Å². The molecule has 0 radical (unpaired) electrons. The number of carbonyl (C=O) groups is 2. The number of carbonyl (C=O) groups excluding carboxylic acids is 2. The Morgan fingerprint density at radius 1 is 1.06 bits per heavy atom. The average molecular weight is 543 g/mol. The monoisotopic (exact) mass is 541 g/mol. The van der Waals surface area contributed by atoms with Gasteiger partial charge in [0, 0.05) is 27.7 Å². The van der Waals surface area contributed by atoms with Crippen LogP contribution in [0, 0.1) is 13.8 Å². The van der Waals surface area contributed by atoms with E-state index in [9.17, 15) is 18.0 Å². The van der Waals surface area contributed by atoms with E-state index in [1.54, 1.807) is 44.2 Å². The molecule has 0 unspecified atom stereocenters. The molecule has 2 rings (SSSR count). The van der Waals surface area contributed by atoms with E-state index in [0.29, 0.717) is 26.9 Å². The maximum absolute atomic E-state index is 13.7. The summed E-state index contributed by atoms with van der Waals surface area (Å²) in [6, 6.07) is 9.43. The van der Waals surface area contributed by atoms with Gasteiger partial charge in [-0.1, -0.05) is 41.4 Å². The Bertz CT molecular complexity index is 1190. The van der Waals surface area contributed by atoms with Crippen molar-refractivity contribution in [3.8, 4) is 0 Å². The van der Waals surface area contributed by atoms with Crippen molar-refractivity contribution in [1.82, 2.24) is 10.2 Å². The number of halogens is 2. The van der Waals surface area contributed by atoms with Gasteiger partial charge in [-0.05, 0) is 70.9 Å². The molecule has 1 N–H and O–H groups in total. The first-order valence-electron chi connectivity index (χ1n) is 11.1. The van der Waals surface area contributed by atoms with Crippen LogP contribution in [0.4, 0.5) is 5.69 Å². The molecule has 2 amide bonds. The molecule has 2 aromatic carbocycles. The van der Waals surface area contributed by atoms with Crippen molar-refractivity contribution in [3.05, 3.63) is 63.1 Å². The molecule has 0 spiro atoms. The third-order valence-corrected chi connectivity index (χ3v) is 7.20. The molecular weight excluding hydrogens is 509 g/mol. The molecule has 7 nitrogen and oxygen atoms in total. The lowest BCUT2D eigenvalue weighted by atomic mass is 10.1. The number of aryl methyl sites for hydroxylation is 2. The van der Waals surface area contributed by atoms with E-state index in [0.717, 1.165) is 16.1 Å². The lowest BCUT2D eigenvalue weighted by molar-refractivity contribution is -0.140. The van der Waals surface area contributed by atoms with Gasteiger partial charge in [-0.2, -0.15) is 0 Å². The van der Waals surface area contributed by atoms with Crippen LogP contribution >= 0.6 is 23.2 Å². The predicted octanol–water partition coefficient (Wildman–Crippen LogP) is 4.71. The highest BCUT2D eigenvalue weighted by atomic mass is 35.5. The molecule has 0 fully saturated rings. The van der Waals surface area contributed by atoms with Crippen molar-refractivity contribution in [2.24, 2.45) is 0 Å². The lowest BCUT2D eigenvalue weighted by Crippen LogP contribution is -2.54. The van der Waals surface area contributed by atoms with Crippen LogP contribution in [0.15, 0.2) is 36.4 Å². The minimum atomic E-state index is -3.82. The maximum Gasteiger partial charge on any atom is 0.244 e. The molecule has 0 saturated heterocycles. The zero-order valence-electron chi connectivity index (χ0n) is 21.1. The smallest absolute Gasteiger partial charge is 0.244 e. The third-order valence-electron chi connectivity index (χ3n) is 5.37. The van der Waals surface area contributed by atoms with Crippen LogP contribution in [-0.2, 0) is 26.2 Å². The molecule has 0 saturated carbocycles. The molecule has 192 valence electrons. The number of nitrogens with one attached hydrogen (secondary N) is 1. The molecule has 0 bridgehead atoms. The van der Waals surface area contributed by atoms with Gasteiger partial charge in [-0.3, -0.25) is 13.9 Å². The molecule has 0 heterocycles. The summed E-state index contributed by atoms with van der Waals surface area (Å²) in [5.74, 6) is -0.949. The van der Waals surface area contributed by atoms with Crippen LogP contribution in [0.1, 0.15) is 44.4 Å². The van der Waals surface area contributed by atoms with Gasteiger partial charge >= 0.3 is 0 Å². The second kappa shape index (κ2) is 11.2. The summed E-state index contributed by atoms with van der Waals surface area (Å²) in [6.07, 6.45) is 1.05. The Labute approximate surface area is 218 Å². The first-order chi connectivity index (χ1) is 16.0. The van der Waals surface area contributed by atoms with E-state index in [1.807, 2.05) is 33.8 Å². The van der Waals surface area contributed by atoms with Crippen molar-refractivity contribution in [1.29, 1.82) is 0 Å². The highest BCUT2D eigenvalue weighted by Crippen LogP contribution is 2.28. The number of anilines is 1. The first-order valence-corrected chi connectivity index (χ1v) is 13.7. The van der Waals surface area contributed by atoms with Crippen LogP contribution in [-0.4, -0.2) is 49.5 Å². The fraction of sp³-hybridized carbons (Fsp3) is 0.440. The molecule has 0 aliphatic carbocycles. The zero-order chi connectivity index (χ0) is 26.7. The predicted molar refractivity (Wildman–Crippen MR) is 142 cm³/mol. The van der Waals surface area contributed by atoms with Gasteiger partial charge < -0.3 is 10.2 Å². The van der Waals surface area contributed by atoms with Crippen LogP contribution in [0.3, 0.4) is 0 Å². The molecule has 0 aliphatic rings. The van der Waals surface area contributed by atoms with E-state index >= 15 is 0 Å². The van der Waals surface area contributed by atoms with Crippen molar-refractivity contribution in [3.63, 3.8) is 0 Å². The fourth-order valence-electron chi connectivity index (χ4n) is 3.49. The van der Waals surface area contributed by atoms with E-state index in [1.165, 1.54) is 4.90 Å². The summed E-state index contributed by atoms with van der Waals surface area (Å²) in [6.45, 7) is 10.2. The van der Waals surface area contributed by atoms with Crippen molar-refractivity contribution in [2.45, 2.75) is 59.7 Å². The second-order valence-electron chi connectivity index (χ2n) is 9.70. The Morgan fingerprint density at radius 3 is 2.14 bits per heavy atom. The summed E-state index contributed by atoms with van der Waals surface area (Å²) in [7, 11) is -3.82. The molecule has 10 heteroatoms. The number of rotatable bonds is 8. The van der Waals surface area contributed by atoms with Crippen molar-refractivity contribution in [2.75, 3.05) is 17.1 Å². The second-order valence-corrected chi connectivity index (χ2v) is 12.4. The summed E-state index contributed by atoms with van der Waals surface area (Å²) in [5.41, 5.74) is 1.90. The van der Waals surface area contributed by atoms with E-state index in [-0.39, 0.29) is 12.5 Å². The van der Waals surface area contributed by atoms with E-state index < -0.39 is 34.1 Å². The Morgan fingerprint density at radius 2 is 1.63 bits per heavy atom. The first kappa shape index (κ1) is 28.9. The Hall–Kier alpha value is -2.29.